The monoisotopic (exact) mass is 230 g/mol. The summed E-state index contributed by atoms with van der Waals surface area (Å²) in [7, 11) is 0.836. The highest BCUT2D eigenvalue weighted by molar-refractivity contribution is 6.49. The minimum absolute atomic E-state index is 0.828. The van der Waals surface area contributed by atoms with Crippen molar-refractivity contribution < 1.29 is 4.65 Å². The van der Waals surface area contributed by atoms with E-state index in [0.717, 1.165) is 14.1 Å². The van der Waals surface area contributed by atoms with Gasteiger partial charge in [0, 0.05) is 0 Å². The fraction of sp³-hybridized carbons (Fsp3) is 0.600. The van der Waals surface area contributed by atoms with E-state index in [4.69, 9.17) is 4.65 Å². The largest absolute Gasteiger partial charge is 0.430 e. The molecule has 92 valence electrons. The lowest BCUT2D eigenvalue weighted by molar-refractivity contribution is 0.345. The lowest BCUT2D eigenvalue weighted by Crippen LogP contribution is -2.18. The SMILES string of the molecule is CCCCc1cc(CCCC)c2c(c1)COB2. The Kier molecular flexibility index (Phi) is 4.67. The van der Waals surface area contributed by atoms with Crippen LogP contribution in [0.4, 0.5) is 0 Å². The first-order valence-corrected chi connectivity index (χ1v) is 7.06. The average molecular weight is 230 g/mol. The van der Waals surface area contributed by atoms with Gasteiger partial charge >= 0.3 is 7.48 Å². The molecule has 1 aliphatic rings. The van der Waals surface area contributed by atoms with Crippen molar-refractivity contribution in [3.05, 3.63) is 28.8 Å². The summed E-state index contributed by atoms with van der Waals surface area (Å²) in [6, 6.07) is 4.80. The highest BCUT2D eigenvalue weighted by Crippen LogP contribution is 2.17. The van der Waals surface area contributed by atoms with Crippen molar-refractivity contribution in [2.75, 3.05) is 0 Å². The molecule has 0 atom stereocenters. The smallest absolute Gasteiger partial charge is 0.309 e. The highest BCUT2D eigenvalue weighted by atomic mass is 16.4. The van der Waals surface area contributed by atoms with E-state index in [1.807, 2.05) is 0 Å². The van der Waals surface area contributed by atoms with E-state index in [1.165, 1.54) is 55.1 Å². The molecule has 0 aromatic heterocycles. The summed E-state index contributed by atoms with van der Waals surface area (Å²) >= 11 is 0. The fourth-order valence-electron chi connectivity index (χ4n) is 2.56. The third kappa shape index (κ3) is 3.13. The first-order chi connectivity index (χ1) is 8.35. The van der Waals surface area contributed by atoms with E-state index < -0.39 is 0 Å². The lowest BCUT2D eigenvalue weighted by Gasteiger charge is -2.10. The molecule has 1 nitrogen and oxygen atoms in total. The Morgan fingerprint density at radius 1 is 1.12 bits per heavy atom. The van der Waals surface area contributed by atoms with E-state index >= 15 is 0 Å². The molecular formula is C15H23BO. The molecule has 0 unspecified atom stereocenters. The van der Waals surface area contributed by atoms with Gasteiger partial charge in [0.15, 0.2) is 0 Å². The minimum atomic E-state index is 0.828. The van der Waals surface area contributed by atoms with Crippen molar-refractivity contribution in [3.8, 4) is 0 Å². The van der Waals surface area contributed by atoms with E-state index in [1.54, 1.807) is 5.56 Å². The molecule has 1 aromatic rings. The van der Waals surface area contributed by atoms with Gasteiger partial charge in [0.1, 0.15) is 0 Å². The maximum Gasteiger partial charge on any atom is 0.309 e. The zero-order valence-electron chi connectivity index (χ0n) is 11.2. The average Bonchev–Trinajstić information content (AvgIpc) is 2.81. The van der Waals surface area contributed by atoms with Crippen LogP contribution in [-0.4, -0.2) is 7.48 Å². The quantitative estimate of drug-likeness (QED) is 0.683. The second-order valence-corrected chi connectivity index (χ2v) is 5.09. The maximum absolute atomic E-state index is 5.60. The predicted molar refractivity (Wildman–Crippen MR) is 75.2 cm³/mol. The van der Waals surface area contributed by atoms with Gasteiger partial charge in [-0.25, -0.2) is 0 Å². The van der Waals surface area contributed by atoms with Crippen molar-refractivity contribution >= 4 is 12.9 Å². The molecular weight excluding hydrogens is 207 g/mol. The van der Waals surface area contributed by atoms with Gasteiger partial charge in [-0.05, 0) is 42.3 Å². The fourth-order valence-corrected chi connectivity index (χ4v) is 2.56. The first kappa shape index (κ1) is 12.7. The van der Waals surface area contributed by atoms with Crippen LogP contribution in [0.1, 0.15) is 56.2 Å². The zero-order chi connectivity index (χ0) is 12.1. The van der Waals surface area contributed by atoms with Gasteiger partial charge in [0.2, 0.25) is 0 Å². The third-order valence-corrected chi connectivity index (χ3v) is 3.62. The van der Waals surface area contributed by atoms with Crippen LogP contribution in [-0.2, 0) is 24.1 Å². The number of unbranched alkanes of at least 4 members (excludes halogenated alkanes) is 2. The van der Waals surface area contributed by atoms with Crippen LogP contribution in [0.2, 0.25) is 0 Å². The van der Waals surface area contributed by atoms with E-state index in [9.17, 15) is 0 Å². The number of hydrogen-bond acceptors (Lipinski definition) is 1. The topological polar surface area (TPSA) is 9.23 Å². The van der Waals surface area contributed by atoms with Crippen LogP contribution in [0.15, 0.2) is 12.1 Å². The number of rotatable bonds is 6. The Balaban J connectivity index is 2.19. The molecule has 2 heteroatoms. The Morgan fingerprint density at radius 2 is 1.88 bits per heavy atom. The van der Waals surface area contributed by atoms with Crippen LogP contribution in [0.25, 0.3) is 0 Å². The van der Waals surface area contributed by atoms with Crippen LogP contribution in [0.5, 0.6) is 0 Å². The highest BCUT2D eigenvalue weighted by Gasteiger charge is 2.17. The molecule has 0 aliphatic carbocycles. The molecule has 1 aliphatic heterocycles. The molecule has 0 spiro atoms. The van der Waals surface area contributed by atoms with E-state index in [2.05, 4.69) is 26.0 Å². The Hall–Kier alpha value is -0.755. The molecule has 0 saturated carbocycles. The molecule has 0 fully saturated rings. The number of aryl methyl sites for hydroxylation is 2. The van der Waals surface area contributed by atoms with Crippen LogP contribution in [0, 0.1) is 0 Å². The van der Waals surface area contributed by atoms with Crippen LogP contribution < -0.4 is 5.46 Å². The third-order valence-electron chi connectivity index (χ3n) is 3.62. The molecule has 1 heterocycles. The van der Waals surface area contributed by atoms with Gasteiger partial charge in [0.25, 0.3) is 0 Å². The van der Waals surface area contributed by atoms with Crippen molar-refractivity contribution in [1.82, 2.24) is 0 Å². The van der Waals surface area contributed by atoms with Crippen molar-refractivity contribution in [1.29, 1.82) is 0 Å². The minimum Gasteiger partial charge on any atom is -0.430 e. The molecule has 0 N–H and O–H groups in total. The summed E-state index contributed by atoms with van der Waals surface area (Å²) in [5, 5.41) is 0. The molecule has 0 saturated heterocycles. The van der Waals surface area contributed by atoms with Gasteiger partial charge < -0.3 is 4.65 Å². The molecule has 1 aromatic carbocycles. The van der Waals surface area contributed by atoms with E-state index in [-0.39, 0.29) is 0 Å². The first-order valence-electron chi connectivity index (χ1n) is 7.06. The number of benzene rings is 1. The van der Waals surface area contributed by atoms with Crippen molar-refractivity contribution in [3.63, 3.8) is 0 Å². The second kappa shape index (κ2) is 6.25. The maximum atomic E-state index is 5.60. The van der Waals surface area contributed by atoms with Crippen molar-refractivity contribution in [2.24, 2.45) is 0 Å². The van der Waals surface area contributed by atoms with Gasteiger partial charge in [-0.1, -0.05) is 44.4 Å². The molecule has 0 bridgehead atoms. The van der Waals surface area contributed by atoms with Gasteiger partial charge in [-0.2, -0.15) is 0 Å². The summed E-state index contributed by atoms with van der Waals surface area (Å²) in [4.78, 5) is 0. The van der Waals surface area contributed by atoms with Gasteiger partial charge in [-0.15, -0.1) is 0 Å². The summed E-state index contributed by atoms with van der Waals surface area (Å²) in [5.74, 6) is 0. The Labute approximate surface area is 106 Å². The van der Waals surface area contributed by atoms with Gasteiger partial charge in [0.05, 0.1) is 6.61 Å². The van der Waals surface area contributed by atoms with Crippen LogP contribution >= 0.6 is 0 Å². The molecule has 2 rings (SSSR count). The summed E-state index contributed by atoms with van der Waals surface area (Å²) < 4.78 is 5.60. The summed E-state index contributed by atoms with van der Waals surface area (Å²) in [5.41, 5.74) is 6.00. The Bertz CT molecular complexity index is 373. The van der Waals surface area contributed by atoms with Gasteiger partial charge in [-0.3, -0.25) is 0 Å². The normalized spacial score (nSPS) is 13.5. The zero-order valence-corrected chi connectivity index (χ0v) is 11.2. The lowest BCUT2D eigenvalue weighted by atomic mass is 9.80. The number of hydrogen-bond donors (Lipinski definition) is 0. The molecule has 17 heavy (non-hydrogen) atoms. The van der Waals surface area contributed by atoms with E-state index in [0.29, 0.717) is 0 Å². The van der Waals surface area contributed by atoms with Crippen molar-refractivity contribution in [2.45, 2.75) is 59.0 Å². The molecule has 0 radical (unpaired) electrons. The second-order valence-electron chi connectivity index (χ2n) is 5.09. The summed E-state index contributed by atoms with van der Waals surface area (Å²) in [6.07, 6.45) is 7.59. The van der Waals surface area contributed by atoms with Crippen LogP contribution in [0.3, 0.4) is 0 Å². The Morgan fingerprint density at radius 3 is 2.65 bits per heavy atom. The number of fused-ring (bicyclic) bond motifs is 1. The summed E-state index contributed by atoms with van der Waals surface area (Å²) in [6.45, 7) is 5.35. The standard InChI is InChI=1S/C15H23BO/c1-3-5-7-12-9-13(8-6-4-2)15-14(10-12)11-17-16-15/h9-10,16H,3-8,11H2,1-2H3. The predicted octanol–water partition coefficient (Wildman–Crippen LogP) is 2.88. The molecule has 0 amide bonds.